The number of hydrogen-bond acceptors (Lipinski definition) is 4. The number of methoxy groups -OCH3 is 1. The van der Waals surface area contributed by atoms with E-state index in [1.807, 2.05) is 29.0 Å². The van der Waals surface area contributed by atoms with Crippen molar-refractivity contribution in [2.45, 2.75) is 25.7 Å². The van der Waals surface area contributed by atoms with Gasteiger partial charge in [-0.25, -0.2) is 14.5 Å². The lowest BCUT2D eigenvalue weighted by Crippen LogP contribution is -2.11. The molecule has 0 radical (unpaired) electrons. The standard InChI is InChI=1S/C18H17N5O/c1-24-11-6-7-12-13(9-19-16(12)8-11)17-10-23-18(21-17)20-14-4-2-3-5-15(14)22-23/h6-10,19H,2-5H2,1H3. The second kappa shape index (κ2) is 5.06. The van der Waals surface area contributed by atoms with E-state index in [4.69, 9.17) is 19.8 Å². The average molecular weight is 319 g/mol. The number of aromatic amines is 1. The van der Waals surface area contributed by atoms with E-state index in [9.17, 15) is 0 Å². The Labute approximate surface area is 138 Å². The molecule has 0 aliphatic heterocycles. The van der Waals surface area contributed by atoms with Gasteiger partial charge in [0.2, 0.25) is 0 Å². The molecule has 0 saturated heterocycles. The van der Waals surface area contributed by atoms with Crippen LogP contribution in [0.5, 0.6) is 5.75 Å². The number of fused-ring (bicyclic) bond motifs is 3. The Bertz CT molecular complexity index is 1020. The molecule has 1 aliphatic carbocycles. The van der Waals surface area contributed by atoms with Crippen molar-refractivity contribution in [1.29, 1.82) is 0 Å². The third kappa shape index (κ3) is 1.99. The lowest BCUT2D eigenvalue weighted by Gasteiger charge is -2.12. The number of ether oxygens (including phenoxy) is 1. The molecule has 1 N–H and O–H groups in total. The topological polar surface area (TPSA) is 68.1 Å². The summed E-state index contributed by atoms with van der Waals surface area (Å²) in [5.41, 5.74) is 5.18. The van der Waals surface area contributed by atoms with Gasteiger partial charge in [-0.2, -0.15) is 5.10 Å². The Balaban J connectivity index is 1.66. The van der Waals surface area contributed by atoms with Crippen LogP contribution < -0.4 is 4.74 Å². The summed E-state index contributed by atoms with van der Waals surface area (Å²) in [6.45, 7) is 0. The number of nitrogens with zero attached hydrogens (tertiary/aromatic N) is 4. The molecule has 0 bridgehead atoms. The summed E-state index contributed by atoms with van der Waals surface area (Å²) < 4.78 is 7.09. The zero-order valence-electron chi connectivity index (χ0n) is 13.4. The van der Waals surface area contributed by atoms with Gasteiger partial charge in [0, 0.05) is 28.7 Å². The second-order valence-electron chi connectivity index (χ2n) is 6.20. The third-order valence-corrected chi connectivity index (χ3v) is 4.71. The van der Waals surface area contributed by atoms with E-state index < -0.39 is 0 Å². The van der Waals surface area contributed by atoms with E-state index in [0.29, 0.717) is 5.78 Å². The van der Waals surface area contributed by atoms with Crippen molar-refractivity contribution in [3.8, 4) is 17.0 Å². The maximum Gasteiger partial charge on any atom is 0.251 e. The summed E-state index contributed by atoms with van der Waals surface area (Å²) in [7, 11) is 1.67. The summed E-state index contributed by atoms with van der Waals surface area (Å²) in [5, 5.41) is 5.83. The van der Waals surface area contributed by atoms with Gasteiger partial charge in [0.05, 0.1) is 30.4 Å². The van der Waals surface area contributed by atoms with Crippen LogP contribution in [-0.4, -0.2) is 31.7 Å². The van der Waals surface area contributed by atoms with Crippen LogP contribution >= 0.6 is 0 Å². The lowest BCUT2D eigenvalue weighted by atomic mass is 10.0. The quantitative estimate of drug-likeness (QED) is 0.616. The summed E-state index contributed by atoms with van der Waals surface area (Å²) >= 11 is 0. The van der Waals surface area contributed by atoms with Crippen molar-refractivity contribution in [2.75, 3.05) is 7.11 Å². The largest absolute Gasteiger partial charge is 0.497 e. The minimum Gasteiger partial charge on any atom is -0.497 e. The smallest absolute Gasteiger partial charge is 0.251 e. The van der Waals surface area contributed by atoms with E-state index in [-0.39, 0.29) is 0 Å². The Morgan fingerprint density at radius 3 is 2.88 bits per heavy atom. The molecule has 1 aromatic carbocycles. The normalized spacial score (nSPS) is 14.2. The molecular weight excluding hydrogens is 302 g/mol. The molecule has 0 saturated carbocycles. The van der Waals surface area contributed by atoms with Crippen LogP contribution in [0.3, 0.4) is 0 Å². The highest BCUT2D eigenvalue weighted by Crippen LogP contribution is 2.30. The molecular formula is C18H17N5O. The Kier molecular flexibility index (Phi) is 2.85. The highest BCUT2D eigenvalue weighted by Gasteiger charge is 2.16. The third-order valence-electron chi connectivity index (χ3n) is 4.71. The van der Waals surface area contributed by atoms with Crippen LogP contribution in [0.25, 0.3) is 27.9 Å². The average Bonchev–Trinajstić information content (AvgIpc) is 3.22. The summed E-state index contributed by atoms with van der Waals surface area (Å²) in [6.07, 6.45) is 8.34. The molecule has 120 valence electrons. The van der Waals surface area contributed by atoms with Crippen molar-refractivity contribution >= 4 is 16.7 Å². The lowest BCUT2D eigenvalue weighted by molar-refractivity contribution is 0.415. The van der Waals surface area contributed by atoms with Gasteiger partial charge in [0.25, 0.3) is 5.78 Å². The maximum atomic E-state index is 5.28. The minimum absolute atomic E-state index is 0.675. The van der Waals surface area contributed by atoms with Gasteiger partial charge in [0.15, 0.2) is 0 Å². The second-order valence-corrected chi connectivity index (χ2v) is 6.20. The van der Waals surface area contributed by atoms with Crippen molar-refractivity contribution < 1.29 is 4.74 Å². The molecule has 0 unspecified atom stereocenters. The molecule has 6 heteroatoms. The number of aromatic nitrogens is 5. The fourth-order valence-electron chi connectivity index (χ4n) is 3.44. The molecule has 0 atom stereocenters. The predicted molar refractivity (Wildman–Crippen MR) is 91.3 cm³/mol. The molecule has 24 heavy (non-hydrogen) atoms. The van der Waals surface area contributed by atoms with Crippen LogP contribution in [0.1, 0.15) is 24.2 Å². The van der Waals surface area contributed by atoms with Gasteiger partial charge >= 0.3 is 0 Å². The molecule has 1 aliphatic rings. The number of aryl methyl sites for hydroxylation is 2. The van der Waals surface area contributed by atoms with E-state index >= 15 is 0 Å². The zero-order chi connectivity index (χ0) is 16.1. The van der Waals surface area contributed by atoms with Crippen LogP contribution in [0, 0.1) is 0 Å². The number of imidazole rings is 1. The summed E-state index contributed by atoms with van der Waals surface area (Å²) in [6, 6.07) is 6.00. The molecule has 4 aromatic rings. The monoisotopic (exact) mass is 319 g/mol. The molecule has 0 spiro atoms. The van der Waals surface area contributed by atoms with Crippen LogP contribution in [-0.2, 0) is 12.8 Å². The van der Waals surface area contributed by atoms with E-state index in [1.54, 1.807) is 7.11 Å². The first-order valence-corrected chi connectivity index (χ1v) is 8.22. The Morgan fingerprint density at radius 1 is 1.12 bits per heavy atom. The summed E-state index contributed by atoms with van der Waals surface area (Å²) in [4.78, 5) is 12.7. The van der Waals surface area contributed by atoms with Gasteiger partial charge in [-0.1, -0.05) is 0 Å². The fraction of sp³-hybridized carbons (Fsp3) is 0.278. The molecule has 6 nitrogen and oxygen atoms in total. The van der Waals surface area contributed by atoms with Gasteiger partial charge in [-0.05, 0) is 37.8 Å². The van der Waals surface area contributed by atoms with Gasteiger partial charge in [0.1, 0.15) is 5.75 Å². The zero-order valence-corrected chi connectivity index (χ0v) is 13.4. The fourth-order valence-corrected chi connectivity index (χ4v) is 3.44. The number of nitrogens with one attached hydrogen (secondary N) is 1. The van der Waals surface area contributed by atoms with Crippen molar-refractivity contribution in [3.63, 3.8) is 0 Å². The van der Waals surface area contributed by atoms with Crippen molar-refractivity contribution in [3.05, 3.63) is 42.0 Å². The maximum absolute atomic E-state index is 5.28. The van der Waals surface area contributed by atoms with Crippen molar-refractivity contribution in [1.82, 2.24) is 24.6 Å². The van der Waals surface area contributed by atoms with Crippen LogP contribution in [0.2, 0.25) is 0 Å². The summed E-state index contributed by atoms with van der Waals surface area (Å²) in [5.74, 6) is 1.51. The first-order valence-electron chi connectivity index (χ1n) is 8.22. The highest BCUT2D eigenvalue weighted by atomic mass is 16.5. The van der Waals surface area contributed by atoms with E-state index in [2.05, 4.69) is 11.1 Å². The molecule has 0 fully saturated rings. The molecule has 0 amide bonds. The molecule has 3 aromatic heterocycles. The SMILES string of the molecule is COc1ccc2c(-c3cn4nc5c(nc4n3)CCCC5)c[nH]c2c1. The van der Waals surface area contributed by atoms with Gasteiger partial charge < -0.3 is 9.72 Å². The Hall–Kier alpha value is -2.89. The van der Waals surface area contributed by atoms with Gasteiger partial charge in [-0.15, -0.1) is 0 Å². The highest BCUT2D eigenvalue weighted by molar-refractivity contribution is 5.95. The van der Waals surface area contributed by atoms with Crippen LogP contribution in [0.4, 0.5) is 0 Å². The predicted octanol–water partition coefficient (Wildman–Crippen LogP) is 3.16. The van der Waals surface area contributed by atoms with Crippen LogP contribution in [0.15, 0.2) is 30.6 Å². The minimum atomic E-state index is 0.675. The first-order chi connectivity index (χ1) is 11.8. The molecule has 5 rings (SSSR count). The number of hydrogen-bond donors (Lipinski definition) is 1. The number of benzene rings is 1. The number of H-pyrrole nitrogens is 1. The van der Waals surface area contributed by atoms with Crippen molar-refractivity contribution in [2.24, 2.45) is 0 Å². The first kappa shape index (κ1) is 13.5. The number of rotatable bonds is 2. The van der Waals surface area contributed by atoms with E-state index in [0.717, 1.165) is 52.1 Å². The Morgan fingerprint density at radius 2 is 2.00 bits per heavy atom. The van der Waals surface area contributed by atoms with Gasteiger partial charge in [-0.3, -0.25) is 0 Å². The van der Waals surface area contributed by atoms with E-state index in [1.165, 1.54) is 12.8 Å². The molecule has 3 heterocycles.